The Morgan fingerprint density at radius 3 is 2.05 bits per heavy atom. The van der Waals surface area contributed by atoms with Crippen molar-refractivity contribution in [3.63, 3.8) is 0 Å². The van der Waals surface area contributed by atoms with Crippen LogP contribution in [0.5, 0.6) is 0 Å². The van der Waals surface area contributed by atoms with Crippen molar-refractivity contribution in [1.82, 2.24) is 0 Å². The molecule has 114 valence electrons. The molecule has 0 radical (unpaired) electrons. The van der Waals surface area contributed by atoms with E-state index >= 15 is 0 Å². The molecule has 1 aromatic rings. The molecule has 0 unspecified atom stereocenters. The number of fused-ring (bicyclic) bond motifs is 3. The Morgan fingerprint density at radius 1 is 0.773 bits per heavy atom. The number of rotatable bonds is 0. The summed E-state index contributed by atoms with van der Waals surface area (Å²) in [6.45, 7) is 13.1. The van der Waals surface area contributed by atoms with Crippen LogP contribution < -0.4 is 0 Å². The molecule has 0 N–H and O–H groups in total. The van der Waals surface area contributed by atoms with Crippen molar-refractivity contribution in [3.8, 4) is 0 Å². The molecule has 0 aromatic heterocycles. The molecule has 0 atom stereocenters. The van der Waals surface area contributed by atoms with Gasteiger partial charge in [-0.15, -0.1) is 0 Å². The van der Waals surface area contributed by atoms with E-state index in [4.69, 9.17) is 0 Å². The van der Waals surface area contributed by atoms with Gasteiger partial charge in [-0.2, -0.15) is 0 Å². The van der Waals surface area contributed by atoms with Gasteiger partial charge >= 0.3 is 0 Å². The van der Waals surface area contributed by atoms with Gasteiger partial charge in [0, 0.05) is 5.57 Å². The molecule has 2 aliphatic carbocycles. The van der Waals surface area contributed by atoms with E-state index in [1.807, 2.05) is 6.08 Å². The number of ketones is 1. The Hall–Kier alpha value is -1.89. The number of hydrogen-bond acceptors (Lipinski definition) is 1. The molecular formula is C21H24O. The lowest BCUT2D eigenvalue weighted by Gasteiger charge is -2.25. The second-order valence-electron chi connectivity index (χ2n) is 8.38. The van der Waals surface area contributed by atoms with Crippen LogP contribution in [-0.4, -0.2) is 5.78 Å². The second kappa shape index (κ2) is 4.55. The molecule has 0 saturated carbocycles. The minimum Gasteiger partial charge on any atom is -0.289 e. The quantitative estimate of drug-likeness (QED) is 0.632. The van der Waals surface area contributed by atoms with Gasteiger partial charge in [-0.25, -0.2) is 0 Å². The van der Waals surface area contributed by atoms with Gasteiger partial charge in [-0.05, 0) is 63.0 Å². The maximum Gasteiger partial charge on any atom is 0.186 e. The van der Waals surface area contributed by atoms with E-state index in [2.05, 4.69) is 65.8 Å². The van der Waals surface area contributed by atoms with Gasteiger partial charge in [0.25, 0.3) is 0 Å². The summed E-state index contributed by atoms with van der Waals surface area (Å²) in [6, 6.07) is 6.58. The molecule has 0 amide bonds. The van der Waals surface area contributed by atoms with Gasteiger partial charge in [0.15, 0.2) is 5.78 Å². The van der Waals surface area contributed by atoms with E-state index in [1.165, 1.54) is 11.1 Å². The predicted molar refractivity (Wildman–Crippen MR) is 93.6 cm³/mol. The molecule has 1 heteroatoms. The van der Waals surface area contributed by atoms with Gasteiger partial charge in [0.1, 0.15) is 0 Å². The minimum absolute atomic E-state index is 0.0153. The van der Waals surface area contributed by atoms with Crippen LogP contribution >= 0.6 is 0 Å². The van der Waals surface area contributed by atoms with E-state index < -0.39 is 0 Å². The maximum atomic E-state index is 12.5. The highest BCUT2D eigenvalue weighted by Gasteiger charge is 2.30. The van der Waals surface area contributed by atoms with Crippen molar-refractivity contribution < 1.29 is 4.79 Å². The van der Waals surface area contributed by atoms with Crippen LogP contribution in [0.15, 0.2) is 41.5 Å². The molecule has 1 aromatic carbocycles. The fourth-order valence-electron chi connectivity index (χ4n) is 2.97. The van der Waals surface area contributed by atoms with Gasteiger partial charge in [-0.1, -0.05) is 53.7 Å². The Kier molecular flexibility index (Phi) is 3.11. The zero-order valence-electron chi connectivity index (χ0n) is 14.4. The normalized spacial score (nSPS) is 17.5. The van der Waals surface area contributed by atoms with Gasteiger partial charge < -0.3 is 0 Å². The van der Waals surface area contributed by atoms with Crippen LogP contribution in [0.25, 0.3) is 11.6 Å². The summed E-state index contributed by atoms with van der Waals surface area (Å²) in [5, 5.41) is 0. The Bertz CT molecular complexity index is 756. The lowest BCUT2D eigenvalue weighted by atomic mass is 9.79. The average Bonchev–Trinajstić information content (AvgIpc) is 2.75. The van der Waals surface area contributed by atoms with Crippen molar-refractivity contribution in [3.05, 3.63) is 58.2 Å². The Balaban J connectivity index is 2.16. The average molecular weight is 292 g/mol. The summed E-state index contributed by atoms with van der Waals surface area (Å²) in [5.74, 6) is 0.135. The van der Waals surface area contributed by atoms with E-state index in [9.17, 15) is 4.79 Å². The van der Waals surface area contributed by atoms with E-state index in [-0.39, 0.29) is 16.6 Å². The molecule has 0 saturated heterocycles. The minimum atomic E-state index is -0.0153. The van der Waals surface area contributed by atoms with Crippen molar-refractivity contribution >= 4 is 17.4 Å². The third kappa shape index (κ3) is 2.39. The molecule has 3 rings (SSSR count). The van der Waals surface area contributed by atoms with Crippen LogP contribution in [0.2, 0.25) is 0 Å². The summed E-state index contributed by atoms with van der Waals surface area (Å²) in [7, 11) is 0. The molecule has 1 nitrogen and oxygen atoms in total. The van der Waals surface area contributed by atoms with Crippen LogP contribution in [0.4, 0.5) is 0 Å². The van der Waals surface area contributed by atoms with Gasteiger partial charge in [-0.3, -0.25) is 4.79 Å². The Labute approximate surface area is 133 Å². The maximum absolute atomic E-state index is 12.5. The lowest BCUT2D eigenvalue weighted by molar-refractivity contribution is -0.111. The van der Waals surface area contributed by atoms with Gasteiger partial charge in [0.05, 0.1) is 0 Å². The molecule has 0 fully saturated rings. The van der Waals surface area contributed by atoms with E-state index in [0.29, 0.717) is 0 Å². The Morgan fingerprint density at radius 2 is 1.45 bits per heavy atom. The summed E-state index contributed by atoms with van der Waals surface area (Å²) in [5.41, 5.74) is 6.81. The highest BCUT2D eigenvalue weighted by atomic mass is 16.1. The number of carbonyl (C=O) groups excluding carboxylic acids is 1. The highest BCUT2D eigenvalue weighted by molar-refractivity contribution is 6.24. The van der Waals surface area contributed by atoms with Crippen molar-refractivity contribution in [1.29, 1.82) is 0 Å². The largest absolute Gasteiger partial charge is 0.289 e. The summed E-state index contributed by atoms with van der Waals surface area (Å²) in [6.07, 6.45) is 6.03. The third-order valence-corrected chi connectivity index (χ3v) is 4.52. The smallest absolute Gasteiger partial charge is 0.186 e. The molecule has 0 bridgehead atoms. The zero-order chi connectivity index (χ0) is 16.3. The first-order valence-electron chi connectivity index (χ1n) is 7.92. The standard InChI is InChI=1S/C21H24O/c1-20(2,3)14-8-7-13-9-18-17(16(13)10-14)11-15(12-19(18)22)21(4,5)6/h7-12H,1-6H3. The molecule has 0 aliphatic heterocycles. The summed E-state index contributed by atoms with van der Waals surface area (Å²) in [4.78, 5) is 12.5. The van der Waals surface area contributed by atoms with Crippen molar-refractivity contribution in [2.75, 3.05) is 0 Å². The van der Waals surface area contributed by atoms with E-state index in [0.717, 1.165) is 22.3 Å². The fraction of sp³-hybridized carbons (Fsp3) is 0.381. The second-order valence-corrected chi connectivity index (χ2v) is 8.38. The molecule has 22 heavy (non-hydrogen) atoms. The first-order valence-corrected chi connectivity index (χ1v) is 7.92. The van der Waals surface area contributed by atoms with Crippen LogP contribution in [0.1, 0.15) is 58.2 Å². The molecule has 2 aliphatic rings. The molecular weight excluding hydrogens is 268 g/mol. The monoisotopic (exact) mass is 292 g/mol. The molecule has 0 spiro atoms. The van der Waals surface area contributed by atoms with Crippen molar-refractivity contribution in [2.45, 2.75) is 47.0 Å². The first kappa shape index (κ1) is 15.0. The number of benzene rings is 1. The topological polar surface area (TPSA) is 17.1 Å². The summed E-state index contributed by atoms with van der Waals surface area (Å²) >= 11 is 0. The lowest BCUT2D eigenvalue weighted by Crippen LogP contribution is -2.15. The predicted octanol–water partition coefficient (Wildman–Crippen LogP) is 5.32. The van der Waals surface area contributed by atoms with Crippen molar-refractivity contribution in [2.24, 2.45) is 5.41 Å². The summed E-state index contributed by atoms with van der Waals surface area (Å²) < 4.78 is 0. The van der Waals surface area contributed by atoms with Crippen LogP contribution in [0.3, 0.4) is 0 Å². The van der Waals surface area contributed by atoms with Crippen LogP contribution in [0, 0.1) is 5.41 Å². The first-order chi connectivity index (χ1) is 10.1. The molecule has 0 heterocycles. The number of hydrogen-bond donors (Lipinski definition) is 0. The number of allylic oxidation sites excluding steroid dienone is 5. The van der Waals surface area contributed by atoms with E-state index in [1.54, 1.807) is 6.08 Å². The highest BCUT2D eigenvalue weighted by Crippen LogP contribution is 2.43. The SMILES string of the molecule is CC(C)(C)C1=CC(=O)C2=Cc3ccc(C(C)(C)C)cc3C2=C1. The van der Waals surface area contributed by atoms with Gasteiger partial charge in [0.2, 0.25) is 0 Å². The number of carbonyl (C=O) groups is 1. The van der Waals surface area contributed by atoms with Crippen LogP contribution in [-0.2, 0) is 10.2 Å². The fourth-order valence-corrected chi connectivity index (χ4v) is 2.97. The zero-order valence-corrected chi connectivity index (χ0v) is 14.4. The third-order valence-electron chi connectivity index (χ3n) is 4.52.